The summed E-state index contributed by atoms with van der Waals surface area (Å²) in [4.78, 5) is 0. The molecule has 0 bridgehead atoms. The van der Waals surface area contributed by atoms with Gasteiger partial charge in [-0.1, -0.05) is 76.0 Å². The van der Waals surface area contributed by atoms with Gasteiger partial charge in [0.15, 0.2) is 0 Å². The maximum absolute atomic E-state index is 8.75. The van der Waals surface area contributed by atoms with Gasteiger partial charge in [-0.3, -0.25) is 0 Å². The molecule has 0 aliphatic heterocycles. The summed E-state index contributed by atoms with van der Waals surface area (Å²) < 4.78 is 2.28. The molecule has 0 radical (unpaired) electrons. The average molecular weight is 826 g/mol. The summed E-state index contributed by atoms with van der Waals surface area (Å²) in [5.41, 5.74) is 3.15. The van der Waals surface area contributed by atoms with E-state index in [2.05, 4.69) is 93.7 Å². The van der Waals surface area contributed by atoms with Crippen LogP contribution in [0.4, 0.5) is 0 Å². The largest absolute Gasteiger partial charge is 2.00 e. The average Bonchev–Trinajstić information content (AvgIpc) is 3.70. The summed E-state index contributed by atoms with van der Waals surface area (Å²) in [5, 5.41) is 17.5. The third-order valence-electron chi connectivity index (χ3n) is 7.18. The first-order valence-corrected chi connectivity index (χ1v) is 16.0. The Morgan fingerprint density at radius 2 is 0.769 bits per heavy atom. The zero-order chi connectivity index (χ0) is 27.0. The Labute approximate surface area is 281 Å². The van der Waals surface area contributed by atoms with Gasteiger partial charge in [-0.25, -0.2) is 24.3 Å². The van der Waals surface area contributed by atoms with Crippen molar-refractivity contribution in [3.05, 3.63) is 115 Å². The number of phenols is 2. The van der Waals surface area contributed by atoms with E-state index in [1.165, 1.54) is 64.2 Å². The molecule has 2 aliphatic carbocycles. The van der Waals surface area contributed by atoms with E-state index in [0.29, 0.717) is 11.5 Å². The second-order valence-electron chi connectivity index (χ2n) is 10.1. The van der Waals surface area contributed by atoms with E-state index in [1.54, 1.807) is 35.4 Å². The minimum atomic E-state index is 0. The summed E-state index contributed by atoms with van der Waals surface area (Å²) >= 11 is 4.37. The Kier molecular flexibility index (Phi) is 17.6. The van der Waals surface area contributed by atoms with Crippen molar-refractivity contribution in [2.75, 3.05) is 0 Å². The number of hydrogen-bond donors (Lipinski definition) is 2. The molecule has 39 heavy (non-hydrogen) atoms. The summed E-state index contributed by atoms with van der Waals surface area (Å²) in [5.74, 6) is 2.42. The molecule has 0 amide bonds. The van der Waals surface area contributed by atoms with E-state index in [0.717, 1.165) is 19.0 Å². The molecule has 0 spiro atoms. The van der Waals surface area contributed by atoms with Crippen LogP contribution in [0.2, 0.25) is 0 Å². The molecule has 0 aromatic heterocycles. The predicted octanol–water partition coefficient (Wildman–Crippen LogP) is 10.9. The topological polar surface area (TPSA) is 40.5 Å². The molecule has 2 fully saturated rings. The summed E-state index contributed by atoms with van der Waals surface area (Å²) in [6.07, 6.45) is 14.4. The molecule has 6 rings (SSSR count). The molecule has 4 aromatic carbocycles. The van der Waals surface area contributed by atoms with Crippen molar-refractivity contribution in [1.82, 2.24) is 0 Å². The first-order chi connectivity index (χ1) is 18.5. The van der Waals surface area contributed by atoms with Gasteiger partial charge >= 0.3 is 26.2 Å². The molecule has 0 atom stereocenters. The molecule has 2 N–H and O–H groups in total. The number of halogens is 2. The van der Waals surface area contributed by atoms with Crippen LogP contribution in [0.25, 0.3) is 0 Å². The van der Waals surface area contributed by atoms with Gasteiger partial charge in [-0.15, -0.1) is 0 Å². The second kappa shape index (κ2) is 20.0. The number of phenolic OH excluding ortho intramolecular Hbond substituents is 2. The molecule has 206 valence electrons. The third-order valence-corrected chi connectivity index (χ3v) is 8.62. The van der Waals surface area contributed by atoms with Gasteiger partial charge in [0.1, 0.15) is 11.5 Å². The van der Waals surface area contributed by atoms with E-state index < -0.39 is 0 Å². The van der Waals surface area contributed by atoms with E-state index in [9.17, 15) is 0 Å². The molecule has 0 heterocycles. The summed E-state index contributed by atoms with van der Waals surface area (Å²) in [6, 6.07) is 31.8. The van der Waals surface area contributed by atoms with E-state index in [-0.39, 0.29) is 26.2 Å². The first kappa shape index (κ1) is 34.3. The molecule has 0 unspecified atom stereocenters. The summed E-state index contributed by atoms with van der Waals surface area (Å²) in [6.45, 7) is 0. The van der Waals surface area contributed by atoms with Crippen LogP contribution >= 0.6 is 45.2 Å². The molecule has 2 saturated carbocycles. The van der Waals surface area contributed by atoms with E-state index in [1.807, 2.05) is 24.3 Å². The van der Waals surface area contributed by atoms with Gasteiger partial charge < -0.3 is 10.2 Å². The predicted molar refractivity (Wildman–Crippen MR) is 177 cm³/mol. The maximum Gasteiger partial charge on any atom is 2.00 e. The Balaban J connectivity index is 0.000000183. The van der Waals surface area contributed by atoms with Gasteiger partial charge in [0.05, 0.1) is 0 Å². The number of aromatic hydroxyl groups is 2. The fourth-order valence-electron chi connectivity index (χ4n) is 5.08. The SMILES string of the molecule is Oc1ccc(I)cc1.Oc1ccc(I)cc1.[Zr+2].c1cc[c-](C2CCCCC2)c1.c1cc[c-](C2CCCCC2)c1. The number of benzene rings is 2. The van der Waals surface area contributed by atoms with Crippen molar-refractivity contribution in [3.8, 4) is 11.5 Å². The Morgan fingerprint density at radius 1 is 0.487 bits per heavy atom. The minimum Gasteiger partial charge on any atom is -0.508 e. The zero-order valence-corrected chi connectivity index (χ0v) is 29.4. The minimum absolute atomic E-state index is 0. The van der Waals surface area contributed by atoms with E-state index >= 15 is 0 Å². The second-order valence-corrected chi connectivity index (χ2v) is 12.6. The van der Waals surface area contributed by atoms with Crippen LogP contribution in [-0.2, 0) is 26.2 Å². The summed E-state index contributed by atoms with van der Waals surface area (Å²) in [7, 11) is 0. The maximum atomic E-state index is 8.75. The fourth-order valence-corrected chi connectivity index (χ4v) is 5.80. The molecule has 4 aromatic rings. The van der Waals surface area contributed by atoms with Gasteiger partial charge in [0.2, 0.25) is 0 Å². The van der Waals surface area contributed by atoms with Gasteiger partial charge in [0, 0.05) is 7.14 Å². The zero-order valence-electron chi connectivity index (χ0n) is 22.6. The van der Waals surface area contributed by atoms with Crippen LogP contribution in [-0.4, -0.2) is 10.2 Å². The van der Waals surface area contributed by atoms with Crippen LogP contribution in [0.15, 0.2) is 97.1 Å². The normalized spacial score (nSPS) is 15.2. The van der Waals surface area contributed by atoms with Crippen LogP contribution < -0.4 is 0 Å². The standard InChI is InChI=1S/2C11H15.2C6H5IO.Zr/c2*1-2-6-10(7-3-1)11-8-4-5-9-11;2*7-5-1-3-6(8)4-2-5;/h2*4-5,8-10H,1-3,6-7H2;2*1-4,8H;/q2*-1;;;+2. The molecular formula is C34H40I2O2Zr. The van der Waals surface area contributed by atoms with Crippen LogP contribution in [0.3, 0.4) is 0 Å². The van der Waals surface area contributed by atoms with Crippen molar-refractivity contribution in [1.29, 1.82) is 0 Å². The van der Waals surface area contributed by atoms with Crippen molar-refractivity contribution in [3.63, 3.8) is 0 Å². The van der Waals surface area contributed by atoms with Crippen LogP contribution in [0.5, 0.6) is 11.5 Å². The molecule has 5 heteroatoms. The Bertz CT molecular complexity index is 961. The Hall–Kier alpha value is -0.917. The van der Waals surface area contributed by atoms with Crippen molar-refractivity contribution >= 4 is 45.2 Å². The van der Waals surface area contributed by atoms with Crippen molar-refractivity contribution < 1.29 is 36.4 Å². The van der Waals surface area contributed by atoms with Crippen LogP contribution in [0, 0.1) is 7.14 Å². The fraction of sp³-hybridized carbons (Fsp3) is 0.353. The molecule has 0 saturated heterocycles. The van der Waals surface area contributed by atoms with Gasteiger partial charge in [0.25, 0.3) is 0 Å². The molecule has 2 nitrogen and oxygen atoms in total. The van der Waals surface area contributed by atoms with Crippen LogP contribution in [0.1, 0.15) is 87.2 Å². The number of hydrogen-bond acceptors (Lipinski definition) is 2. The van der Waals surface area contributed by atoms with E-state index in [4.69, 9.17) is 10.2 Å². The van der Waals surface area contributed by atoms with Gasteiger partial charge in [-0.2, -0.15) is 35.4 Å². The molecule has 2 aliphatic rings. The number of rotatable bonds is 2. The van der Waals surface area contributed by atoms with Gasteiger partial charge in [-0.05, 0) is 93.7 Å². The third kappa shape index (κ3) is 14.0. The molecular weight excluding hydrogens is 785 g/mol. The van der Waals surface area contributed by atoms with Crippen molar-refractivity contribution in [2.45, 2.75) is 76.0 Å². The smallest absolute Gasteiger partial charge is 0.508 e. The van der Waals surface area contributed by atoms with Crippen molar-refractivity contribution in [2.24, 2.45) is 0 Å². The first-order valence-electron chi connectivity index (χ1n) is 13.8. The Morgan fingerprint density at radius 3 is 1.03 bits per heavy atom. The monoisotopic (exact) mass is 824 g/mol. The quantitative estimate of drug-likeness (QED) is 0.156.